The standard InChI is InChI=1S/C9H17NO2/c1-3-8-6-7(4-5-10-8)9(11)12-2/h7-8,10H,3-6H2,1-2H3/t7-,8-/m1/s1. The maximum Gasteiger partial charge on any atom is 0.308 e. The second-order valence-corrected chi connectivity index (χ2v) is 3.30. The Bertz CT molecular complexity index is 159. The highest BCUT2D eigenvalue weighted by Crippen LogP contribution is 2.18. The van der Waals surface area contributed by atoms with E-state index in [9.17, 15) is 4.79 Å². The molecule has 3 nitrogen and oxygen atoms in total. The van der Waals surface area contributed by atoms with E-state index in [1.165, 1.54) is 7.11 Å². The highest BCUT2D eigenvalue weighted by Gasteiger charge is 2.26. The lowest BCUT2D eigenvalue weighted by Crippen LogP contribution is -2.40. The van der Waals surface area contributed by atoms with Crippen LogP contribution in [-0.4, -0.2) is 25.7 Å². The average molecular weight is 171 g/mol. The first kappa shape index (κ1) is 9.52. The molecule has 0 aromatic heterocycles. The monoisotopic (exact) mass is 171 g/mol. The van der Waals surface area contributed by atoms with Crippen LogP contribution in [0, 0.1) is 5.92 Å². The maximum atomic E-state index is 11.2. The van der Waals surface area contributed by atoms with Gasteiger partial charge in [-0.1, -0.05) is 6.92 Å². The Morgan fingerprint density at radius 1 is 1.67 bits per heavy atom. The fraction of sp³-hybridized carbons (Fsp3) is 0.889. The minimum Gasteiger partial charge on any atom is -0.469 e. The highest BCUT2D eigenvalue weighted by molar-refractivity contribution is 5.72. The lowest BCUT2D eigenvalue weighted by Gasteiger charge is -2.27. The molecule has 0 amide bonds. The van der Waals surface area contributed by atoms with Crippen molar-refractivity contribution in [1.29, 1.82) is 0 Å². The summed E-state index contributed by atoms with van der Waals surface area (Å²) in [6.45, 7) is 3.08. The molecule has 0 aromatic rings. The number of methoxy groups -OCH3 is 1. The summed E-state index contributed by atoms with van der Waals surface area (Å²) in [5.74, 6) is 0.0798. The third-order valence-electron chi connectivity index (χ3n) is 2.52. The molecule has 0 aromatic carbocycles. The Morgan fingerprint density at radius 3 is 3.00 bits per heavy atom. The van der Waals surface area contributed by atoms with Gasteiger partial charge in [0.05, 0.1) is 13.0 Å². The Morgan fingerprint density at radius 2 is 2.42 bits per heavy atom. The fourth-order valence-corrected chi connectivity index (χ4v) is 1.70. The second-order valence-electron chi connectivity index (χ2n) is 3.30. The fourth-order valence-electron chi connectivity index (χ4n) is 1.70. The van der Waals surface area contributed by atoms with Crippen molar-refractivity contribution in [2.75, 3.05) is 13.7 Å². The summed E-state index contributed by atoms with van der Waals surface area (Å²) in [5, 5.41) is 3.37. The van der Waals surface area contributed by atoms with Crippen LogP contribution in [0.2, 0.25) is 0 Å². The summed E-state index contributed by atoms with van der Waals surface area (Å²) in [6.07, 6.45) is 2.94. The highest BCUT2D eigenvalue weighted by atomic mass is 16.5. The van der Waals surface area contributed by atoms with Crippen LogP contribution in [0.1, 0.15) is 26.2 Å². The van der Waals surface area contributed by atoms with Gasteiger partial charge < -0.3 is 10.1 Å². The smallest absolute Gasteiger partial charge is 0.308 e. The number of rotatable bonds is 2. The van der Waals surface area contributed by atoms with E-state index in [2.05, 4.69) is 12.2 Å². The molecule has 1 heterocycles. The van der Waals surface area contributed by atoms with Crippen molar-refractivity contribution in [3.8, 4) is 0 Å². The van der Waals surface area contributed by atoms with Gasteiger partial charge >= 0.3 is 5.97 Å². The van der Waals surface area contributed by atoms with Gasteiger partial charge in [0.15, 0.2) is 0 Å². The second kappa shape index (κ2) is 4.45. The van der Waals surface area contributed by atoms with Gasteiger partial charge in [-0.3, -0.25) is 4.79 Å². The molecule has 1 aliphatic heterocycles. The van der Waals surface area contributed by atoms with E-state index < -0.39 is 0 Å². The van der Waals surface area contributed by atoms with Gasteiger partial charge in [0.2, 0.25) is 0 Å². The van der Waals surface area contributed by atoms with Gasteiger partial charge in [-0.15, -0.1) is 0 Å². The zero-order chi connectivity index (χ0) is 8.97. The number of nitrogens with one attached hydrogen (secondary N) is 1. The topological polar surface area (TPSA) is 38.3 Å². The van der Waals surface area contributed by atoms with Crippen molar-refractivity contribution >= 4 is 5.97 Å². The van der Waals surface area contributed by atoms with Crippen LogP contribution in [0.3, 0.4) is 0 Å². The average Bonchev–Trinajstić information content (AvgIpc) is 2.17. The first-order valence-corrected chi connectivity index (χ1v) is 4.59. The van der Waals surface area contributed by atoms with E-state index in [1.54, 1.807) is 0 Å². The van der Waals surface area contributed by atoms with E-state index in [0.29, 0.717) is 6.04 Å². The molecular formula is C9H17NO2. The summed E-state index contributed by atoms with van der Waals surface area (Å²) in [4.78, 5) is 11.2. The van der Waals surface area contributed by atoms with Crippen molar-refractivity contribution in [2.45, 2.75) is 32.2 Å². The molecule has 0 bridgehead atoms. The van der Waals surface area contributed by atoms with Crippen LogP contribution in [0.25, 0.3) is 0 Å². The molecule has 0 aliphatic carbocycles. The van der Waals surface area contributed by atoms with Gasteiger partial charge in [0.1, 0.15) is 0 Å². The van der Waals surface area contributed by atoms with Crippen LogP contribution in [0.4, 0.5) is 0 Å². The zero-order valence-electron chi connectivity index (χ0n) is 7.80. The van der Waals surface area contributed by atoms with Crippen molar-refractivity contribution in [3.05, 3.63) is 0 Å². The summed E-state index contributed by atoms with van der Waals surface area (Å²) < 4.78 is 4.72. The number of carbonyl (C=O) groups excluding carboxylic acids is 1. The quantitative estimate of drug-likeness (QED) is 0.628. The molecule has 3 heteroatoms. The van der Waals surface area contributed by atoms with Gasteiger partial charge in [0.25, 0.3) is 0 Å². The van der Waals surface area contributed by atoms with Crippen molar-refractivity contribution in [1.82, 2.24) is 5.32 Å². The van der Waals surface area contributed by atoms with E-state index in [0.717, 1.165) is 25.8 Å². The lowest BCUT2D eigenvalue weighted by atomic mass is 9.91. The molecule has 0 saturated carbocycles. The van der Waals surface area contributed by atoms with Crippen LogP contribution in [-0.2, 0) is 9.53 Å². The predicted octanol–water partition coefficient (Wildman–Crippen LogP) is 0.938. The third-order valence-corrected chi connectivity index (χ3v) is 2.52. The summed E-state index contributed by atoms with van der Waals surface area (Å²) in [5.41, 5.74) is 0. The predicted molar refractivity (Wildman–Crippen MR) is 46.8 cm³/mol. The van der Waals surface area contributed by atoms with Crippen LogP contribution < -0.4 is 5.32 Å². The van der Waals surface area contributed by atoms with Crippen LogP contribution in [0.15, 0.2) is 0 Å². The first-order valence-electron chi connectivity index (χ1n) is 4.59. The number of hydrogen-bond acceptors (Lipinski definition) is 3. The van der Waals surface area contributed by atoms with Gasteiger partial charge in [0, 0.05) is 6.04 Å². The number of hydrogen-bond donors (Lipinski definition) is 1. The molecular weight excluding hydrogens is 154 g/mol. The normalized spacial score (nSPS) is 29.8. The largest absolute Gasteiger partial charge is 0.469 e. The van der Waals surface area contributed by atoms with Crippen molar-refractivity contribution in [3.63, 3.8) is 0 Å². The molecule has 1 saturated heterocycles. The first-order chi connectivity index (χ1) is 5.77. The van der Waals surface area contributed by atoms with E-state index in [-0.39, 0.29) is 11.9 Å². The Balaban J connectivity index is 2.40. The van der Waals surface area contributed by atoms with Gasteiger partial charge in [-0.05, 0) is 25.8 Å². The molecule has 1 aliphatic rings. The maximum absolute atomic E-state index is 11.2. The number of esters is 1. The van der Waals surface area contributed by atoms with Gasteiger partial charge in [-0.25, -0.2) is 0 Å². The lowest BCUT2D eigenvalue weighted by molar-refractivity contribution is -0.146. The molecule has 1 rings (SSSR count). The van der Waals surface area contributed by atoms with Crippen molar-refractivity contribution in [2.24, 2.45) is 5.92 Å². The molecule has 1 N–H and O–H groups in total. The molecule has 0 spiro atoms. The Kier molecular flexibility index (Phi) is 3.53. The molecule has 2 atom stereocenters. The van der Waals surface area contributed by atoms with Crippen LogP contribution in [0.5, 0.6) is 0 Å². The minimum atomic E-state index is -0.0463. The summed E-state index contributed by atoms with van der Waals surface area (Å²) in [6, 6.07) is 0.503. The molecule has 70 valence electrons. The van der Waals surface area contributed by atoms with Gasteiger partial charge in [-0.2, -0.15) is 0 Å². The zero-order valence-corrected chi connectivity index (χ0v) is 7.80. The Labute approximate surface area is 73.5 Å². The molecule has 1 fully saturated rings. The minimum absolute atomic E-state index is 0.0463. The summed E-state index contributed by atoms with van der Waals surface area (Å²) in [7, 11) is 1.46. The molecule has 0 unspecified atom stereocenters. The van der Waals surface area contributed by atoms with Crippen molar-refractivity contribution < 1.29 is 9.53 Å². The van der Waals surface area contributed by atoms with E-state index in [1.807, 2.05) is 0 Å². The molecule has 0 radical (unpaired) electrons. The summed E-state index contributed by atoms with van der Waals surface area (Å²) >= 11 is 0. The number of piperidine rings is 1. The van der Waals surface area contributed by atoms with Crippen LogP contribution >= 0.6 is 0 Å². The van der Waals surface area contributed by atoms with E-state index >= 15 is 0 Å². The van der Waals surface area contributed by atoms with E-state index in [4.69, 9.17) is 4.74 Å². The third kappa shape index (κ3) is 2.21. The SMILES string of the molecule is CC[C@@H]1C[C@H](C(=O)OC)CCN1. The Hall–Kier alpha value is -0.570. The number of ether oxygens (including phenoxy) is 1. The number of carbonyl (C=O) groups is 1. The molecule has 12 heavy (non-hydrogen) atoms.